The molecule has 114 valence electrons. The Hall–Kier alpha value is -2.56. The first-order valence-corrected chi connectivity index (χ1v) is 7.44. The molecule has 0 fully saturated rings. The third-order valence-electron chi connectivity index (χ3n) is 4.11. The maximum atomic E-state index is 12.0. The monoisotopic (exact) mass is 296 g/mol. The molecule has 0 saturated carbocycles. The van der Waals surface area contributed by atoms with Gasteiger partial charge in [0.05, 0.1) is 6.20 Å². The number of hydrogen-bond acceptors (Lipinski definition) is 2. The predicted molar refractivity (Wildman–Crippen MR) is 86.4 cm³/mol. The molecular formula is C17H20N4O. The molecule has 3 aromatic rings. The maximum absolute atomic E-state index is 12.0. The third-order valence-corrected chi connectivity index (χ3v) is 4.11. The lowest BCUT2D eigenvalue weighted by Crippen LogP contribution is -2.23. The molecule has 2 aromatic heterocycles. The Kier molecular flexibility index (Phi) is 3.96. The van der Waals surface area contributed by atoms with Crippen molar-refractivity contribution in [3.8, 4) is 0 Å². The largest absolute Gasteiger partial charge is 0.361 e. The molecule has 0 aliphatic carbocycles. The molecule has 1 amide bonds. The van der Waals surface area contributed by atoms with Crippen LogP contribution < -0.4 is 5.32 Å². The van der Waals surface area contributed by atoms with E-state index in [4.69, 9.17) is 0 Å². The fraction of sp³-hybridized carbons (Fsp3) is 0.294. The highest BCUT2D eigenvalue weighted by Crippen LogP contribution is 2.18. The minimum absolute atomic E-state index is 0.0635. The normalized spacial score (nSPS) is 11.0. The quantitative estimate of drug-likeness (QED) is 0.759. The highest BCUT2D eigenvalue weighted by molar-refractivity contribution is 5.84. The van der Waals surface area contributed by atoms with Gasteiger partial charge in [-0.2, -0.15) is 5.10 Å². The summed E-state index contributed by atoms with van der Waals surface area (Å²) in [6.45, 7) is 2.53. The van der Waals surface area contributed by atoms with Gasteiger partial charge >= 0.3 is 0 Å². The molecule has 3 rings (SSSR count). The van der Waals surface area contributed by atoms with Gasteiger partial charge in [0.2, 0.25) is 5.91 Å². The van der Waals surface area contributed by atoms with Crippen LogP contribution in [0.15, 0.2) is 36.7 Å². The lowest BCUT2D eigenvalue weighted by Gasteiger charge is -2.05. The van der Waals surface area contributed by atoms with Crippen LogP contribution in [0, 0.1) is 6.92 Å². The topological polar surface area (TPSA) is 62.7 Å². The first kappa shape index (κ1) is 14.4. The Balaban J connectivity index is 1.55. The van der Waals surface area contributed by atoms with Crippen molar-refractivity contribution in [2.75, 3.05) is 0 Å². The van der Waals surface area contributed by atoms with Gasteiger partial charge in [-0.1, -0.05) is 18.2 Å². The summed E-state index contributed by atoms with van der Waals surface area (Å²) in [6.07, 6.45) is 5.02. The van der Waals surface area contributed by atoms with Crippen molar-refractivity contribution in [1.29, 1.82) is 0 Å². The van der Waals surface area contributed by atoms with E-state index in [2.05, 4.69) is 21.5 Å². The molecule has 22 heavy (non-hydrogen) atoms. The van der Waals surface area contributed by atoms with Crippen molar-refractivity contribution >= 4 is 16.8 Å². The number of fused-ring (bicyclic) bond motifs is 1. The first-order valence-electron chi connectivity index (χ1n) is 7.44. The molecule has 0 atom stereocenters. The molecule has 5 nitrogen and oxygen atoms in total. The number of carbonyl (C=O) groups is 1. The van der Waals surface area contributed by atoms with E-state index in [0.717, 1.165) is 23.2 Å². The second-order valence-electron chi connectivity index (χ2n) is 5.52. The highest BCUT2D eigenvalue weighted by Gasteiger charge is 2.08. The Morgan fingerprint density at radius 1 is 1.32 bits per heavy atom. The summed E-state index contributed by atoms with van der Waals surface area (Å²) in [4.78, 5) is 15.3. The molecule has 5 heteroatoms. The number of H-pyrrole nitrogens is 1. The summed E-state index contributed by atoms with van der Waals surface area (Å²) in [5.74, 6) is 0.0635. The number of nitrogens with zero attached hydrogens (tertiary/aromatic N) is 2. The number of carbonyl (C=O) groups excluding carboxylic acids is 1. The molecule has 0 aliphatic heterocycles. The summed E-state index contributed by atoms with van der Waals surface area (Å²) in [6, 6.07) is 8.15. The number of rotatable bonds is 5. The molecule has 1 aromatic carbocycles. The van der Waals surface area contributed by atoms with Crippen LogP contribution in [0.25, 0.3) is 10.9 Å². The number of aromatic amines is 1. The minimum atomic E-state index is 0.0635. The summed E-state index contributed by atoms with van der Waals surface area (Å²) < 4.78 is 1.81. The smallest absolute Gasteiger partial charge is 0.220 e. The Labute approximate surface area is 129 Å². The standard InChI is InChI=1S/C17H20N4O/c1-12-14(11-20-21(12)2)10-19-17(22)8-7-13-9-18-16-6-4-3-5-15(13)16/h3-6,9,11,18H,7-8,10H2,1-2H3,(H,19,22). The lowest BCUT2D eigenvalue weighted by molar-refractivity contribution is -0.121. The summed E-state index contributed by atoms with van der Waals surface area (Å²) in [7, 11) is 1.90. The maximum Gasteiger partial charge on any atom is 0.220 e. The second kappa shape index (κ2) is 6.05. The van der Waals surface area contributed by atoms with Gasteiger partial charge in [-0.25, -0.2) is 0 Å². The molecule has 0 saturated heterocycles. The van der Waals surface area contributed by atoms with Gasteiger partial charge in [0.25, 0.3) is 0 Å². The number of benzene rings is 1. The van der Waals surface area contributed by atoms with Gasteiger partial charge in [0, 0.05) is 48.4 Å². The van der Waals surface area contributed by atoms with Gasteiger partial charge < -0.3 is 10.3 Å². The van der Waals surface area contributed by atoms with Gasteiger partial charge in [0.15, 0.2) is 0 Å². The van der Waals surface area contributed by atoms with Crippen LogP contribution in [0.3, 0.4) is 0 Å². The number of hydrogen-bond donors (Lipinski definition) is 2. The second-order valence-corrected chi connectivity index (χ2v) is 5.52. The molecular weight excluding hydrogens is 276 g/mol. The Bertz CT molecular complexity index is 800. The SMILES string of the molecule is Cc1c(CNC(=O)CCc2c[nH]c3ccccc23)cnn1C. The average Bonchev–Trinajstić information content (AvgIpc) is 3.08. The number of aryl methyl sites for hydroxylation is 2. The van der Waals surface area contributed by atoms with Gasteiger partial charge in [-0.05, 0) is 25.0 Å². The molecule has 2 N–H and O–H groups in total. The van der Waals surface area contributed by atoms with Crippen LogP contribution in [0.4, 0.5) is 0 Å². The van der Waals surface area contributed by atoms with Crippen LogP contribution in [0.1, 0.15) is 23.2 Å². The molecule has 0 radical (unpaired) electrons. The number of amides is 1. The molecule has 2 heterocycles. The summed E-state index contributed by atoms with van der Waals surface area (Å²) in [5, 5.41) is 8.33. The highest BCUT2D eigenvalue weighted by atomic mass is 16.1. The zero-order chi connectivity index (χ0) is 15.5. The summed E-state index contributed by atoms with van der Waals surface area (Å²) >= 11 is 0. The Morgan fingerprint density at radius 2 is 2.14 bits per heavy atom. The summed E-state index contributed by atoms with van der Waals surface area (Å²) in [5.41, 5.74) is 4.44. The van der Waals surface area contributed by atoms with E-state index in [1.54, 1.807) is 6.20 Å². The van der Waals surface area contributed by atoms with Gasteiger partial charge in [0.1, 0.15) is 0 Å². The average molecular weight is 296 g/mol. The third kappa shape index (κ3) is 2.88. The van der Waals surface area contributed by atoms with Crippen LogP contribution in [0.2, 0.25) is 0 Å². The van der Waals surface area contributed by atoms with Crippen LogP contribution in [-0.2, 0) is 24.8 Å². The number of para-hydroxylation sites is 1. The lowest BCUT2D eigenvalue weighted by atomic mass is 10.1. The predicted octanol–water partition coefficient (Wildman–Crippen LogP) is 2.46. The van der Waals surface area contributed by atoms with Gasteiger partial charge in [-0.3, -0.25) is 9.48 Å². The van der Waals surface area contributed by atoms with Crippen molar-refractivity contribution in [2.24, 2.45) is 7.05 Å². The first-order chi connectivity index (χ1) is 10.6. The van der Waals surface area contributed by atoms with E-state index >= 15 is 0 Å². The number of aromatic nitrogens is 3. The Morgan fingerprint density at radius 3 is 2.91 bits per heavy atom. The van der Waals surface area contributed by atoms with E-state index in [-0.39, 0.29) is 5.91 Å². The van der Waals surface area contributed by atoms with Crippen molar-refractivity contribution in [3.63, 3.8) is 0 Å². The zero-order valence-corrected chi connectivity index (χ0v) is 12.9. The molecule has 0 bridgehead atoms. The van der Waals surface area contributed by atoms with E-state index < -0.39 is 0 Å². The molecule has 0 spiro atoms. The van der Waals surface area contributed by atoms with Crippen molar-refractivity contribution in [1.82, 2.24) is 20.1 Å². The van der Waals surface area contributed by atoms with Crippen molar-refractivity contribution in [3.05, 3.63) is 53.5 Å². The van der Waals surface area contributed by atoms with E-state index in [9.17, 15) is 4.79 Å². The fourth-order valence-corrected chi connectivity index (χ4v) is 2.59. The van der Waals surface area contributed by atoms with Crippen LogP contribution in [-0.4, -0.2) is 20.7 Å². The van der Waals surface area contributed by atoms with Crippen LogP contribution >= 0.6 is 0 Å². The fourth-order valence-electron chi connectivity index (χ4n) is 2.59. The molecule has 0 aliphatic rings. The van der Waals surface area contributed by atoms with Gasteiger partial charge in [-0.15, -0.1) is 0 Å². The van der Waals surface area contributed by atoms with E-state index in [1.165, 1.54) is 10.9 Å². The number of nitrogens with one attached hydrogen (secondary N) is 2. The van der Waals surface area contributed by atoms with Crippen LogP contribution in [0.5, 0.6) is 0 Å². The molecule has 0 unspecified atom stereocenters. The minimum Gasteiger partial charge on any atom is -0.361 e. The van der Waals surface area contributed by atoms with Crippen molar-refractivity contribution in [2.45, 2.75) is 26.3 Å². The zero-order valence-electron chi connectivity index (χ0n) is 12.9. The van der Waals surface area contributed by atoms with E-state index in [1.807, 2.05) is 43.0 Å². The van der Waals surface area contributed by atoms with Crippen molar-refractivity contribution < 1.29 is 4.79 Å². The van der Waals surface area contributed by atoms with E-state index in [0.29, 0.717) is 13.0 Å².